The lowest BCUT2D eigenvalue weighted by molar-refractivity contribution is -0.123. The number of hydrogen-bond acceptors (Lipinski definition) is 3. The van der Waals surface area contributed by atoms with Crippen LogP contribution in [0.25, 0.3) is 0 Å². The molecule has 0 unspecified atom stereocenters. The zero-order valence-electron chi connectivity index (χ0n) is 13.1. The minimum absolute atomic E-state index is 0.158. The highest BCUT2D eigenvalue weighted by Crippen LogP contribution is 2.25. The summed E-state index contributed by atoms with van der Waals surface area (Å²) in [6.07, 6.45) is 4.73. The van der Waals surface area contributed by atoms with E-state index in [0.29, 0.717) is 12.3 Å². The average molecular weight is 301 g/mol. The van der Waals surface area contributed by atoms with E-state index in [1.807, 2.05) is 49.4 Å². The Morgan fingerprint density at radius 2 is 1.95 bits per heavy atom. The molecular weight excluding hydrogens is 278 g/mol. The first kappa shape index (κ1) is 16.3. The second-order valence-corrected chi connectivity index (χ2v) is 5.76. The van der Waals surface area contributed by atoms with Gasteiger partial charge in [0.2, 0.25) is 0 Å². The fourth-order valence-electron chi connectivity index (χ4n) is 2.71. The van der Waals surface area contributed by atoms with Crippen LogP contribution in [0.4, 0.5) is 4.79 Å². The number of nitrogens with one attached hydrogen (secondary N) is 1. The molecule has 0 saturated heterocycles. The van der Waals surface area contributed by atoms with Crippen LogP contribution >= 0.6 is 0 Å². The van der Waals surface area contributed by atoms with Gasteiger partial charge in [0.25, 0.3) is 0 Å². The third kappa shape index (κ3) is 4.45. The van der Waals surface area contributed by atoms with Gasteiger partial charge in [-0.05, 0) is 17.9 Å². The van der Waals surface area contributed by atoms with E-state index in [4.69, 9.17) is 4.74 Å². The molecule has 0 aromatic heterocycles. The molecule has 2 rings (SSSR count). The first-order valence-corrected chi connectivity index (χ1v) is 7.78. The van der Waals surface area contributed by atoms with Gasteiger partial charge in [0.05, 0.1) is 6.04 Å². The number of allylic oxidation sites excluding steroid dienone is 1. The molecule has 0 spiro atoms. The maximum atomic E-state index is 12.1. The van der Waals surface area contributed by atoms with Crippen LogP contribution in [0, 0.1) is 11.8 Å². The molecular formula is C18H23NO3. The van der Waals surface area contributed by atoms with Gasteiger partial charge in [-0.2, -0.15) is 0 Å². The number of hydrogen-bond donors (Lipinski definition) is 1. The molecule has 1 aromatic rings. The Balaban J connectivity index is 1.91. The van der Waals surface area contributed by atoms with E-state index in [1.165, 1.54) is 0 Å². The normalized spacial score (nSPS) is 23.8. The Labute approximate surface area is 131 Å². The number of alkyl carbamates (subject to hydrolysis) is 1. The van der Waals surface area contributed by atoms with E-state index in [2.05, 4.69) is 12.2 Å². The lowest BCUT2D eigenvalue weighted by atomic mass is 9.81. The molecule has 0 aliphatic heterocycles. The Kier molecular flexibility index (Phi) is 5.75. The molecule has 0 fully saturated rings. The average Bonchev–Trinajstić information content (AvgIpc) is 2.55. The summed E-state index contributed by atoms with van der Waals surface area (Å²) in [7, 11) is 0. The molecule has 4 nitrogen and oxygen atoms in total. The van der Waals surface area contributed by atoms with Crippen LogP contribution in [0.5, 0.6) is 0 Å². The van der Waals surface area contributed by atoms with E-state index in [1.54, 1.807) is 0 Å². The highest BCUT2D eigenvalue weighted by molar-refractivity contribution is 5.82. The van der Waals surface area contributed by atoms with Crippen molar-refractivity contribution in [3.8, 4) is 0 Å². The first-order chi connectivity index (χ1) is 10.6. The largest absolute Gasteiger partial charge is 0.445 e. The van der Waals surface area contributed by atoms with Crippen LogP contribution in [0.1, 0.15) is 32.3 Å². The SMILES string of the molecule is CCC(=O)[C@@H]1C[C@H](C)C=C[C@@H]1NC(=O)OCc1ccccc1. The molecule has 1 amide bonds. The topological polar surface area (TPSA) is 55.4 Å². The van der Waals surface area contributed by atoms with Gasteiger partial charge in [0.15, 0.2) is 0 Å². The van der Waals surface area contributed by atoms with Crippen LogP contribution in [0.3, 0.4) is 0 Å². The lowest BCUT2D eigenvalue weighted by Crippen LogP contribution is -2.44. The van der Waals surface area contributed by atoms with Crippen LogP contribution < -0.4 is 5.32 Å². The number of ether oxygens (including phenoxy) is 1. The molecule has 0 heterocycles. The van der Waals surface area contributed by atoms with Gasteiger partial charge < -0.3 is 10.1 Å². The highest BCUT2D eigenvalue weighted by Gasteiger charge is 2.30. The van der Waals surface area contributed by atoms with Crippen molar-refractivity contribution in [2.24, 2.45) is 11.8 Å². The van der Waals surface area contributed by atoms with E-state index in [-0.39, 0.29) is 24.3 Å². The molecule has 1 aliphatic rings. The summed E-state index contributed by atoms with van der Waals surface area (Å²) in [5, 5.41) is 2.81. The van der Waals surface area contributed by atoms with Crippen molar-refractivity contribution in [2.45, 2.75) is 39.3 Å². The van der Waals surface area contributed by atoms with Crippen molar-refractivity contribution in [1.82, 2.24) is 5.32 Å². The van der Waals surface area contributed by atoms with Gasteiger partial charge in [-0.25, -0.2) is 4.79 Å². The lowest BCUT2D eigenvalue weighted by Gasteiger charge is -2.29. The summed E-state index contributed by atoms with van der Waals surface area (Å²) in [6, 6.07) is 9.25. The number of ketones is 1. The minimum Gasteiger partial charge on any atom is -0.445 e. The predicted octanol–water partition coefficient (Wildman–Crippen LogP) is 3.47. The molecule has 118 valence electrons. The van der Waals surface area contributed by atoms with Gasteiger partial charge in [-0.1, -0.05) is 56.3 Å². The van der Waals surface area contributed by atoms with Crippen LogP contribution in [0.15, 0.2) is 42.5 Å². The number of amides is 1. The summed E-state index contributed by atoms with van der Waals surface area (Å²) >= 11 is 0. The van der Waals surface area contributed by atoms with Crippen LogP contribution in [0.2, 0.25) is 0 Å². The Morgan fingerprint density at radius 3 is 2.64 bits per heavy atom. The van der Waals surface area contributed by atoms with E-state index in [9.17, 15) is 9.59 Å². The maximum absolute atomic E-state index is 12.1. The summed E-state index contributed by atoms with van der Waals surface area (Å²) in [5.41, 5.74) is 0.937. The summed E-state index contributed by atoms with van der Waals surface area (Å²) in [4.78, 5) is 24.0. The Hall–Kier alpha value is -2.10. The Bertz CT molecular complexity index is 539. The van der Waals surface area contributed by atoms with Crippen LogP contribution in [-0.4, -0.2) is 17.9 Å². The van der Waals surface area contributed by atoms with Crippen molar-refractivity contribution in [2.75, 3.05) is 0 Å². The molecule has 0 bridgehead atoms. The second-order valence-electron chi connectivity index (χ2n) is 5.76. The molecule has 3 atom stereocenters. The third-order valence-corrected chi connectivity index (χ3v) is 3.97. The van der Waals surface area contributed by atoms with Gasteiger partial charge in [-0.3, -0.25) is 4.79 Å². The summed E-state index contributed by atoms with van der Waals surface area (Å²) in [5.74, 6) is 0.387. The fourth-order valence-corrected chi connectivity index (χ4v) is 2.71. The summed E-state index contributed by atoms with van der Waals surface area (Å²) in [6.45, 7) is 4.17. The molecule has 4 heteroatoms. The van der Waals surface area contributed by atoms with E-state index >= 15 is 0 Å². The molecule has 1 aromatic carbocycles. The number of carbonyl (C=O) groups excluding carboxylic acids is 2. The van der Waals surface area contributed by atoms with Gasteiger partial charge in [-0.15, -0.1) is 0 Å². The number of Topliss-reactive ketones (excluding diaryl/α,β-unsaturated/α-hetero) is 1. The monoisotopic (exact) mass is 301 g/mol. The maximum Gasteiger partial charge on any atom is 0.407 e. The Morgan fingerprint density at radius 1 is 1.23 bits per heavy atom. The van der Waals surface area contributed by atoms with Crippen molar-refractivity contribution in [3.63, 3.8) is 0 Å². The van der Waals surface area contributed by atoms with Gasteiger partial charge in [0, 0.05) is 12.3 Å². The second kappa shape index (κ2) is 7.78. The number of rotatable bonds is 5. The molecule has 0 saturated carbocycles. The standard InChI is InChI=1S/C18H23NO3/c1-3-17(20)15-11-13(2)9-10-16(15)19-18(21)22-12-14-7-5-4-6-8-14/h4-10,13,15-16H,3,11-12H2,1-2H3,(H,19,21)/t13-,15-,16+/m1/s1. The highest BCUT2D eigenvalue weighted by atomic mass is 16.5. The first-order valence-electron chi connectivity index (χ1n) is 7.78. The van der Waals surface area contributed by atoms with Crippen molar-refractivity contribution < 1.29 is 14.3 Å². The minimum atomic E-state index is -0.484. The van der Waals surface area contributed by atoms with Crippen molar-refractivity contribution >= 4 is 11.9 Å². The van der Waals surface area contributed by atoms with E-state index in [0.717, 1.165) is 12.0 Å². The van der Waals surface area contributed by atoms with Gasteiger partial charge in [0.1, 0.15) is 12.4 Å². The molecule has 1 N–H and O–H groups in total. The number of carbonyl (C=O) groups is 2. The van der Waals surface area contributed by atoms with Crippen molar-refractivity contribution in [1.29, 1.82) is 0 Å². The van der Waals surface area contributed by atoms with E-state index < -0.39 is 6.09 Å². The number of benzene rings is 1. The molecule has 0 radical (unpaired) electrons. The van der Waals surface area contributed by atoms with Gasteiger partial charge >= 0.3 is 6.09 Å². The zero-order valence-corrected chi connectivity index (χ0v) is 13.1. The third-order valence-electron chi connectivity index (χ3n) is 3.97. The predicted molar refractivity (Wildman–Crippen MR) is 85.3 cm³/mol. The molecule has 22 heavy (non-hydrogen) atoms. The quantitative estimate of drug-likeness (QED) is 0.847. The fraction of sp³-hybridized carbons (Fsp3) is 0.444. The zero-order chi connectivity index (χ0) is 15.9. The molecule has 1 aliphatic carbocycles. The van der Waals surface area contributed by atoms with Crippen molar-refractivity contribution in [3.05, 3.63) is 48.0 Å². The van der Waals surface area contributed by atoms with Crippen LogP contribution in [-0.2, 0) is 16.1 Å². The smallest absolute Gasteiger partial charge is 0.407 e. The summed E-state index contributed by atoms with van der Waals surface area (Å²) < 4.78 is 5.22.